The molecule has 0 fully saturated rings. The number of carbonyl (C=O) groups excluding carboxylic acids is 1. The van der Waals surface area contributed by atoms with Gasteiger partial charge in [0.05, 0.1) is 17.3 Å². The fourth-order valence-electron chi connectivity index (χ4n) is 3.79. The van der Waals surface area contributed by atoms with Crippen molar-refractivity contribution in [2.45, 2.75) is 33.7 Å². The lowest BCUT2D eigenvalue weighted by Crippen LogP contribution is -2.27. The highest BCUT2D eigenvalue weighted by molar-refractivity contribution is 5.96. The summed E-state index contributed by atoms with van der Waals surface area (Å²) in [6.45, 7) is 8.09. The Labute approximate surface area is 176 Å². The zero-order valence-corrected chi connectivity index (χ0v) is 17.6. The van der Waals surface area contributed by atoms with Crippen molar-refractivity contribution >= 4 is 5.91 Å². The number of nitrogens with one attached hydrogen (secondary N) is 1. The van der Waals surface area contributed by atoms with E-state index in [1.807, 2.05) is 63.2 Å². The van der Waals surface area contributed by atoms with Crippen LogP contribution in [-0.2, 0) is 0 Å². The van der Waals surface area contributed by atoms with Crippen LogP contribution in [0.4, 0.5) is 0 Å². The molecule has 0 saturated carbocycles. The van der Waals surface area contributed by atoms with Crippen LogP contribution >= 0.6 is 0 Å². The summed E-state index contributed by atoms with van der Waals surface area (Å²) < 4.78 is 3.84. The molecule has 0 saturated heterocycles. The number of carbonyl (C=O) groups is 1. The van der Waals surface area contributed by atoms with Crippen LogP contribution in [-0.4, -0.2) is 25.2 Å². The van der Waals surface area contributed by atoms with Gasteiger partial charge in [-0.05, 0) is 63.1 Å². The first-order chi connectivity index (χ1) is 14.5. The quantitative estimate of drug-likeness (QED) is 0.538. The molecule has 1 amide bonds. The Kier molecular flexibility index (Phi) is 5.23. The molecule has 0 aliphatic carbocycles. The van der Waals surface area contributed by atoms with E-state index in [2.05, 4.69) is 39.0 Å². The van der Waals surface area contributed by atoms with E-state index in [0.717, 1.165) is 28.3 Å². The zero-order valence-electron chi connectivity index (χ0n) is 17.6. The third-order valence-corrected chi connectivity index (χ3v) is 5.46. The van der Waals surface area contributed by atoms with Crippen molar-refractivity contribution in [1.29, 1.82) is 0 Å². The Morgan fingerprint density at radius 1 is 1.03 bits per heavy atom. The first kappa shape index (κ1) is 19.6. The van der Waals surface area contributed by atoms with Gasteiger partial charge in [0.15, 0.2) is 0 Å². The molecule has 2 aromatic heterocycles. The molecule has 6 nitrogen and oxygen atoms in total. The molecule has 4 aromatic rings. The Morgan fingerprint density at radius 2 is 1.77 bits per heavy atom. The number of nitrogens with zero attached hydrogens (tertiary/aromatic N) is 4. The molecule has 0 radical (unpaired) electrons. The van der Waals surface area contributed by atoms with E-state index < -0.39 is 0 Å². The Hall–Kier alpha value is -3.67. The highest BCUT2D eigenvalue weighted by Crippen LogP contribution is 2.24. The number of hydrogen-bond acceptors (Lipinski definition) is 3. The summed E-state index contributed by atoms with van der Waals surface area (Å²) in [4.78, 5) is 17.0. The van der Waals surface area contributed by atoms with Crippen molar-refractivity contribution in [1.82, 2.24) is 24.6 Å². The zero-order chi connectivity index (χ0) is 21.3. The fourth-order valence-corrected chi connectivity index (χ4v) is 3.79. The van der Waals surface area contributed by atoms with Gasteiger partial charge in [0.2, 0.25) is 0 Å². The Balaban J connectivity index is 1.54. The van der Waals surface area contributed by atoms with Crippen LogP contribution in [0.3, 0.4) is 0 Å². The molecule has 152 valence electrons. The van der Waals surface area contributed by atoms with Crippen LogP contribution in [0.1, 0.15) is 45.8 Å². The van der Waals surface area contributed by atoms with Crippen LogP contribution in [0, 0.1) is 20.8 Å². The molecule has 0 aliphatic rings. The van der Waals surface area contributed by atoms with Gasteiger partial charge in [-0.3, -0.25) is 4.79 Å². The minimum absolute atomic E-state index is 0.0733. The normalized spacial score (nSPS) is 12.0. The van der Waals surface area contributed by atoms with E-state index in [0.29, 0.717) is 5.56 Å². The molecule has 0 spiro atoms. The largest absolute Gasteiger partial charge is 0.345 e. The summed E-state index contributed by atoms with van der Waals surface area (Å²) in [6, 6.07) is 18.0. The van der Waals surface area contributed by atoms with E-state index in [1.165, 1.54) is 11.9 Å². The minimum Gasteiger partial charge on any atom is -0.345 e. The topological polar surface area (TPSA) is 64.7 Å². The van der Waals surface area contributed by atoms with Crippen molar-refractivity contribution in [2.75, 3.05) is 0 Å². The van der Waals surface area contributed by atoms with E-state index in [1.54, 1.807) is 11.0 Å². The summed E-state index contributed by atoms with van der Waals surface area (Å²) in [5, 5.41) is 7.26. The van der Waals surface area contributed by atoms with E-state index in [4.69, 9.17) is 0 Å². The molecule has 0 aliphatic heterocycles. The molecule has 6 heteroatoms. The predicted molar refractivity (Wildman–Crippen MR) is 117 cm³/mol. The summed E-state index contributed by atoms with van der Waals surface area (Å²) in [5.41, 5.74) is 6.90. The number of rotatable bonds is 5. The molecule has 2 aromatic carbocycles. The molecule has 1 N–H and O–H groups in total. The van der Waals surface area contributed by atoms with Gasteiger partial charge < -0.3 is 9.88 Å². The summed E-state index contributed by atoms with van der Waals surface area (Å²) in [6.07, 6.45) is 3.16. The average Bonchev–Trinajstić information content (AvgIpc) is 3.37. The average molecular weight is 399 g/mol. The molecular weight excluding hydrogens is 374 g/mol. The maximum absolute atomic E-state index is 13.0. The molecule has 4 rings (SSSR count). The van der Waals surface area contributed by atoms with Crippen LogP contribution < -0.4 is 5.32 Å². The second kappa shape index (κ2) is 7.99. The van der Waals surface area contributed by atoms with E-state index in [9.17, 15) is 4.79 Å². The SMILES string of the molecule is Cc1ccccc1-n1c(C)cc(C(=O)NC(C)c2ccc(-n3cncn3)cc2)c1C. The number of hydrogen-bond donors (Lipinski definition) is 1. The van der Waals surface area contributed by atoms with Gasteiger partial charge in [0, 0.05) is 17.1 Å². The minimum atomic E-state index is -0.121. The van der Waals surface area contributed by atoms with Gasteiger partial charge in [-0.15, -0.1) is 0 Å². The second-order valence-electron chi connectivity index (χ2n) is 7.53. The molecule has 30 heavy (non-hydrogen) atoms. The first-order valence-corrected chi connectivity index (χ1v) is 9.96. The standard InChI is InChI=1S/C24H25N5O/c1-16-7-5-6-8-23(16)29-17(2)13-22(19(29)4)24(30)27-18(3)20-9-11-21(12-10-20)28-15-25-14-26-28/h5-15,18H,1-4H3,(H,27,30). The summed E-state index contributed by atoms with van der Waals surface area (Å²) in [5.74, 6) is -0.0733. The maximum atomic E-state index is 13.0. The number of aryl methyl sites for hydroxylation is 2. The summed E-state index contributed by atoms with van der Waals surface area (Å²) >= 11 is 0. The maximum Gasteiger partial charge on any atom is 0.253 e. The van der Waals surface area contributed by atoms with Crippen LogP contribution in [0.2, 0.25) is 0 Å². The second-order valence-corrected chi connectivity index (χ2v) is 7.53. The Morgan fingerprint density at radius 3 is 2.43 bits per heavy atom. The van der Waals surface area contributed by atoms with Crippen molar-refractivity contribution in [3.63, 3.8) is 0 Å². The lowest BCUT2D eigenvalue weighted by atomic mass is 10.1. The van der Waals surface area contributed by atoms with Gasteiger partial charge in [-0.2, -0.15) is 5.10 Å². The van der Waals surface area contributed by atoms with Gasteiger partial charge in [-0.25, -0.2) is 9.67 Å². The lowest BCUT2D eigenvalue weighted by Gasteiger charge is -2.16. The van der Waals surface area contributed by atoms with Crippen molar-refractivity contribution in [2.24, 2.45) is 0 Å². The molecule has 1 atom stereocenters. The first-order valence-electron chi connectivity index (χ1n) is 9.96. The van der Waals surface area contributed by atoms with Gasteiger partial charge in [-0.1, -0.05) is 30.3 Å². The predicted octanol–water partition coefficient (Wildman–Crippen LogP) is 4.47. The van der Waals surface area contributed by atoms with Gasteiger partial charge in [0.25, 0.3) is 5.91 Å². The molecule has 1 unspecified atom stereocenters. The number of benzene rings is 2. The number of amides is 1. The fraction of sp³-hybridized carbons (Fsp3) is 0.208. The van der Waals surface area contributed by atoms with Crippen molar-refractivity contribution < 1.29 is 4.79 Å². The van der Waals surface area contributed by atoms with E-state index in [-0.39, 0.29) is 11.9 Å². The number of para-hydroxylation sites is 1. The van der Waals surface area contributed by atoms with Gasteiger partial charge >= 0.3 is 0 Å². The highest BCUT2D eigenvalue weighted by Gasteiger charge is 2.19. The van der Waals surface area contributed by atoms with Gasteiger partial charge in [0.1, 0.15) is 12.7 Å². The highest BCUT2D eigenvalue weighted by atomic mass is 16.1. The molecule has 2 heterocycles. The van der Waals surface area contributed by atoms with Crippen LogP contribution in [0.15, 0.2) is 67.3 Å². The monoisotopic (exact) mass is 399 g/mol. The van der Waals surface area contributed by atoms with Crippen LogP contribution in [0.5, 0.6) is 0 Å². The third kappa shape index (κ3) is 3.64. The van der Waals surface area contributed by atoms with Crippen molar-refractivity contribution in [3.8, 4) is 11.4 Å². The molecule has 0 bridgehead atoms. The summed E-state index contributed by atoms with van der Waals surface area (Å²) in [7, 11) is 0. The Bertz CT molecular complexity index is 1170. The lowest BCUT2D eigenvalue weighted by molar-refractivity contribution is 0.0939. The van der Waals surface area contributed by atoms with Crippen LogP contribution in [0.25, 0.3) is 11.4 Å². The smallest absolute Gasteiger partial charge is 0.253 e. The molecular formula is C24H25N5O. The number of aromatic nitrogens is 4. The third-order valence-electron chi connectivity index (χ3n) is 5.46. The van der Waals surface area contributed by atoms with Crippen molar-refractivity contribution in [3.05, 3.63) is 95.3 Å². The van der Waals surface area contributed by atoms with E-state index >= 15 is 0 Å².